The van der Waals surface area contributed by atoms with E-state index in [-0.39, 0.29) is 17.2 Å². The zero-order valence-electron chi connectivity index (χ0n) is 14.0. The van der Waals surface area contributed by atoms with Crippen molar-refractivity contribution in [3.05, 3.63) is 23.8 Å². The molecule has 1 unspecified atom stereocenters. The number of carbonyl (C=O) groups excluding carboxylic acids is 2. The van der Waals surface area contributed by atoms with E-state index < -0.39 is 42.1 Å². The highest BCUT2D eigenvalue weighted by atomic mass is 16.4. The van der Waals surface area contributed by atoms with E-state index in [2.05, 4.69) is 5.32 Å². The summed E-state index contributed by atoms with van der Waals surface area (Å²) < 4.78 is 0. The number of carboxylic acids is 2. The van der Waals surface area contributed by atoms with Gasteiger partial charge in [0.2, 0.25) is 5.91 Å². The smallest absolute Gasteiger partial charge is 0.339 e. The standard InChI is InChI=1S/C16H20N2O7/c1-8(2)14(15(23)18(9(3)19)7-13(21)22)17-10-4-5-11(16(24)25)12(20)6-10/h4-6,8,14,17,20H,7H2,1-3H3,(H,21,22)(H,24,25). The maximum Gasteiger partial charge on any atom is 0.339 e. The molecule has 0 spiro atoms. The van der Waals surface area contributed by atoms with E-state index in [9.17, 15) is 24.3 Å². The van der Waals surface area contributed by atoms with Gasteiger partial charge in [-0.25, -0.2) is 4.79 Å². The molecule has 0 saturated carbocycles. The molecule has 0 fully saturated rings. The topological polar surface area (TPSA) is 144 Å². The molecular weight excluding hydrogens is 332 g/mol. The Kier molecular flexibility index (Phi) is 6.49. The quantitative estimate of drug-likeness (QED) is 0.568. The van der Waals surface area contributed by atoms with E-state index in [1.807, 2.05) is 0 Å². The molecule has 136 valence electrons. The number of hydrogen-bond acceptors (Lipinski definition) is 6. The van der Waals surface area contributed by atoms with Crippen LogP contribution in [0.25, 0.3) is 0 Å². The van der Waals surface area contributed by atoms with Crippen LogP contribution in [-0.4, -0.2) is 56.6 Å². The highest BCUT2D eigenvalue weighted by Crippen LogP contribution is 2.24. The fourth-order valence-electron chi connectivity index (χ4n) is 2.14. The molecule has 0 aromatic heterocycles. The largest absolute Gasteiger partial charge is 0.507 e. The van der Waals surface area contributed by atoms with E-state index in [0.29, 0.717) is 4.90 Å². The minimum Gasteiger partial charge on any atom is -0.507 e. The Labute approximate surface area is 143 Å². The Morgan fingerprint density at radius 3 is 2.16 bits per heavy atom. The number of aromatic hydroxyl groups is 1. The number of amides is 2. The van der Waals surface area contributed by atoms with Crippen molar-refractivity contribution in [3.8, 4) is 5.75 Å². The molecule has 0 heterocycles. The van der Waals surface area contributed by atoms with Gasteiger partial charge in [-0.05, 0) is 18.1 Å². The summed E-state index contributed by atoms with van der Waals surface area (Å²) in [7, 11) is 0. The van der Waals surface area contributed by atoms with Crippen LogP contribution in [0.3, 0.4) is 0 Å². The number of aliphatic carboxylic acids is 1. The van der Waals surface area contributed by atoms with Gasteiger partial charge in [0.1, 0.15) is 23.9 Å². The average Bonchev–Trinajstić information content (AvgIpc) is 2.48. The summed E-state index contributed by atoms with van der Waals surface area (Å²) in [5, 5.41) is 30.3. The fourth-order valence-corrected chi connectivity index (χ4v) is 2.14. The van der Waals surface area contributed by atoms with Crippen LogP contribution < -0.4 is 5.32 Å². The normalized spacial score (nSPS) is 11.7. The molecule has 0 aliphatic heterocycles. The summed E-state index contributed by atoms with van der Waals surface area (Å²) in [6.45, 7) is 3.72. The summed E-state index contributed by atoms with van der Waals surface area (Å²) in [6.07, 6.45) is 0. The molecule has 0 bridgehead atoms. The van der Waals surface area contributed by atoms with Crippen molar-refractivity contribution in [3.63, 3.8) is 0 Å². The first-order valence-corrected chi connectivity index (χ1v) is 7.41. The van der Waals surface area contributed by atoms with Gasteiger partial charge in [0, 0.05) is 18.7 Å². The Morgan fingerprint density at radius 2 is 1.76 bits per heavy atom. The van der Waals surface area contributed by atoms with Gasteiger partial charge in [-0.2, -0.15) is 0 Å². The lowest BCUT2D eigenvalue weighted by atomic mass is 10.0. The minimum absolute atomic E-state index is 0.258. The number of imide groups is 1. The zero-order valence-corrected chi connectivity index (χ0v) is 14.0. The van der Waals surface area contributed by atoms with Crippen molar-refractivity contribution in [2.24, 2.45) is 5.92 Å². The zero-order chi connectivity index (χ0) is 19.3. The van der Waals surface area contributed by atoms with Crippen LogP contribution in [0, 0.1) is 5.92 Å². The molecular formula is C16H20N2O7. The maximum atomic E-state index is 12.5. The van der Waals surface area contributed by atoms with Gasteiger partial charge in [0.15, 0.2) is 0 Å². The summed E-state index contributed by atoms with van der Waals surface area (Å²) in [6, 6.07) is 2.73. The molecule has 9 heteroatoms. The number of anilines is 1. The first kappa shape index (κ1) is 19.9. The second kappa shape index (κ2) is 8.13. The first-order valence-electron chi connectivity index (χ1n) is 7.41. The lowest BCUT2D eigenvalue weighted by Gasteiger charge is -2.27. The van der Waals surface area contributed by atoms with E-state index in [1.54, 1.807) is 13.8 Å². The number of benzene rings is 1. The van der Waals surface area contributed by atoms with Crippen molar-refractivity contribution in [1.82, 2.24) is 4.90 Å². The molecule has 1 aromatic rings. The van der Waals surface area contributed by atoms with Crippen LogP contribution in [0.5, 0.6) is 5.75 Å². The molecule has 4 N–H and O–H groups in total. The van der Waals surface area contributed by atoms with E-state index in [0.717, 1.165) is 13.0 Å². The summed E-state index contributed by atoms with van der Waals surface area (Å²) in [5.74, 6) is -4.86. The van der Waals surface area contributed by atoms with Gasteiger partial charge in [0.25, 0.3) is 5.91 Å². The number of nitrogens with zero attached hydrogens (tertiary/aromatic N) is 1. The molecule has 0 saturated heterocycles. The Balaban J connectivity index is 3.09. The van der Waals surface area contributed by atoms with Gasteiger partial charge in [-0.15, -0.1) is 0 Å². The van der Waals surface area contributed by atoms with E-state index in [4.69, 9.17) is 10.2 Å². The number of nitrogens with one attached hydrogen (secondary N) is 1. The van der Waals surface area contributed by atoms with Crippen molar-refractivity contribution >= 4 is 29.4 Å². The predicted octanol–water partition coefficient (Wildman–Crippen LogP) is 0.987. The van der Waals surface area contributed by atoms with Crippen LogP contribution in [0.4, 0.5) is 5.69 Å². The average molecular weight is 352 g/mol. The van der Waals surface area contributed by atoms with Crippen molar-refractivity contribution in [1.29, 1.82) is 0 Å². The Bertz CT molecular complexity index is 700. The van der Waals surface area contributed by atoms with Crippen LogP contribution in [0.1, 0.15) is 31.1 Å². The molecule has 1 aromatic carbocycles. The second-order valence-corrected chi connectivity index (χ2v) is 5.74. The van der Waals surface area contributed by atoms with Gasteiger partial charge < -0.3 is 20.6 Å². The first-order chi connectivity index (χ1) is 11.5. The molecule has 0 aliphatic rings. The summed E-state index contributed by atoms with van der Waals surface area (Å²) in [4.78, 5) is 46.5. The molecule has 9 nitrogen and oxygen atoms in total. The van der Waals surface area contributed by atoms with E-state index in [1.165, 1.54) is 12.1 Å². The lowest BCUT2D eigenvalue weighted by molar-refractivity contribution is -0.152. The molecule has 0 aliphatic carbocycles. The van der Waals surface area contributed by atoms with Crippen molar-refractivity contribution in [2.45, 2.75) is 26.8 Å². The molecule has 0 radical (unpaired) electrons. The van der Waals surface area contributed by atoms with Gasteiger partial charge in [-0.1, -0.05) is 13.8 Å². The Morgan fingerprint density at radius 1 is 1.16 bits per heavy atom. The molecule has 1 atom stereocenters. The fraction of sp³-hybridized carbons (Fsp3) is 0.375. The SMILES string of the molecule is CC(=O)N(CC(=O)O)C(=O)C(Nc1ccc(C(=O)O)c(O)c1)C(C)C. The summed E-state index contributed by atoms with van der Waals surface area (Å²) in [5.41, 5.74) is -0.0393. The third-order valence-electron chi connectivity index (χ3n) is 3.42. The van der Waals surface area contributed by atoms with Crippen LogP contribution in [-0.2, 0) is 14.4 Å². The Hall–Kier alpha value is -3.10. The number of rotatable bonds is 7. The van der Waals surface area contributed by atoms with Crippen molar-refractivity contribution in [2.75, 3.05) is 11.9 Å². The van der Waals surface area contributed by atoms with Crippen LogP contribution in [0.2, 0.25) is 0 Å². The third kappa shape index (κ3) is 5.20. The number of aromatic carboxylic acids is 1. The summed E-state index contributed by atoms with van der Waals surface area (Å²) >= 11 is 0. The second-order valence-electron chi connectivity index (χ2n) is 5.74. The van der Waals surface area contributed by atoms with Crippen molar-refractivity contribution < 1.29 is 34.5 Å². The molecule has 2 amide bonds. The number of phenols is 1. The van der Waals surface area contributed by atoms with E-state index >= 15 is 0 Å². The van der Waals surface area contributed by atoms with Gasteiger partial charge >= 0.3 is 11.9 Å². The number of carbonyl (C=O) groups is 4. The third-order valence-corrected chi connectivity index (χ3v) is 3.42. The van der Waals surface area contributed by atoms with Crippen LogP contribution >= 0.6 is 0 Å². The highest BCUT2D eigenvalue weighted by Gasteiger charge is 2.31. The molecule has 1 rings (SSSR count). The highest BCUT2D eigenvalue weighted by molar-refractivity contribution is 6.00. The number of carboxylic acid groups (broad SMARTS) is 2. The number of hydrogen-bond donors (Lipinski definition) is 4. The van der Waals surface area contributed by atoms with Gasteiger partial charge in [-0.3, -0.25) is 19.3 Å². The monoisotopic (exact) mass is 352 g/mol. The maximum absolute atomic E-state index is 12.5. The minimum atomic E-state index is -1.32. The molecule has 25 heavy (non-hydrogen) atoms. The predicted molar refractivity (Wildman–Crippen MR) is 87.3 cm³/mol. The lowest BCUT2D eigenvalue weighted by Crippen LogP contribution is -2.49. The van der Waals surface area contributed by atoms with Crippen LogP contribution in [0.15, 0.2) is 18.2 Å². The van der Waals surface area contributed by atoms with Gasteiger partial charge in [0.05, 0.1) is 0 Å².